The van der Waals surface area contributed by atoms with Crippen LogP contribution in [0.2, 0.25) is 0 Å². The normalized spacial score (nSPS) is 15.6. The Morgan fingerprint density at radius 3 is 2.57 bits per heavy atom. The molecule has 2 rings (SSSR count). The zero-order valence-corrected chi connectivity index (χ0v) is 8.75. The Balaban J connectivity index is 2.54. The molecule has 1 aliphatic rings. The van der Waals surface area contributed by atoms with Gasteiger partial charge in [-0.05, 0) is 41.9 Å². The molecular formula is C13H15N. The topological polar surface area (TPSA) is 23.8 Å². The molecule has 0 unspecified atom stereocenters. The first-order chi connectivity index (χ1) is 6.74. The van der Waals surface area contributed by atoms with E-state index in [0.29, 0.717) is 11.8 Å². The minimum atomic E-state index is 0.527. The van der Waals surface area contributed by atoms with Gasteiger partial charge in [0.25, 0.3) is 0 Å². The fourth-order valence-electron chi connectivity index (χ4n) is 2.01. The van der Waals surface area contributed by atoms with Crippen LogP contribution in [0.1, 0.15) is 55.2 Å². The smallest absolute Gasteiger partial charge is 0.0994 e. The summed E-state index contributed by atoms with van der Waals surface area (Å²) in [5.41, 5.74) is 3.58. The van der Waals surface area contributed by atoms with E-state index >= 15 is 0 Å². The van der Waals surface area contributed by atoms with Crippen molar-refractivity contribution in [2.24, 2.45) is 0 Å². The van der Waals surface area contributed by atoms with E-state index in [9.17, 15) is 0 Å². The van der Waals surface area contributed by atoms with Crippen molar-refractivity contribution in [3.05, 3.63) is 34.9 Å². The van der Waals surface area contributed by atoms with Gasteiger partial charge in [-0.2, -0.15) is 5.26 Å². The average Bonchev–Trinajstić information content (AvgIpc) is 2.99. The summed E-state index contributed by atoms with van der Waals surface area (Å²) in [7, 11) is 0. The van der Waals surface area contributed by atoms with E-state index in [2.05, 4.69) is 26.0 Å². The molecule has 1 nitrogen and oxygen atoms in total. The number of nitrogens with zero attached hydrogens (tertiary/aromatic N) is 1. The summed E-state index contributed by atoms with van der Waals surface area (Å²) in [6.07, 6.45) is 2.52. The van der Waals surface area contributed by atoms with Gasteiger partial charge in [0.05, 0.1) is 11.6 Å². The Morgan fingerprint density at radius 2 is 2.07 bits per heavy atom. The first-order valence-electron chi connectivity index (χ1n) is 5.27. The molecule has 0 spiro atoms. The first kappa shape index (κ1) is 9.27. The summed E-state index contributed by atoms with van der Waals surface area (Å²) in [5.74, 6) is 1.20. The molecule has 0 heterocycles. The van der Waals surface area contributed by atoms with Crippen molar-refractivity contribution in [2.75, 3.05) is 0 Å². The van der Waals surface area contributed by atoms with Crippen LogP contribution in [-0.4, -0.2) is 0 Å². The molecule has 0 amide bonds. The minimum absolute atomic E-state index is 0.527. The van der Waals surface area contributed by atoms with Gasteiger partial charge in [0, 0.05) is 0 Å². The highest BCUT2D eigenvalue weighted by Gasteiger charge is 2.28. The maximum Gasteiger partial charge on any atom is 0.0994 e. The Labute approximate surface area is 85.4 Å². The molecule has 0 atom stereocenters. The number of hydrogen-bond donors (Lipinski definition) is 0. The van der Waals surface area contributed by atoms with Crippen molar-refractivity contribution in [2.45, 2.75) is 38.5 Å². The molecule has 1 fully saturated rings. The highest BCUT2D eigenvalue weighted by atomic mass is 14.3. The molecule has 0 aromatic heterocycles. The Hall–Kier alpha value is -1.29. The summed E-state index contributed by atoms with van der Waals surface area (Å²) in [6, 6.07) is 8.42. The summed E-state index contributed by atoms with van der Waals surface area (Å²) in [5, 5.41) is 9.05. The third-order valence-electron chi connectivity index (χ3n) is 2.87. The maximum atomic E-state index is 9.05. The summed E-state index contributed by atoms with van der Waals surface area (Å²) in [4.78, 5) is 0. The maximum absolute atomic E-state index is 9.05. The van der Waals surface area contributed by atoms with Gasteiger partial charge in [-0.1, -0.05) is 26.0 Å². The molecule has 1 saturated carbocycles. The van der Waals surface area contributed by atoms with Crippen LogP contribution < -0.4 is 0 Å². The van der Waals surface area contributed by atoms with E-state index in [-0.39, 0.29) is 0 Å². The molecule has 0 radical (unpaired) electrons. The zero-order valence-electron chi connectivity index (χ0n) is 8.75. The number of rotatable bonds is 2. The number of hydrogen-bond acceptors (Lipinski definition) is 1. The van der Waals surface area contributed by atoms with Crippen LogP contribution in [0.4, 0.5) is 0 Å². The lowest BCUT2D eigenvalue weighted by molar-refractivity contribution is 0.840. The molecule has 1 heteroatoms. The van der Waals surface area contributed by atoms with Gasteiger partial charge in [0.2, 0.25) is 0 Å². The third-order valence-corrected chi connectivity index (χ3v) is 2.87. The third kappa shape index (κ3) is 1.53. The van der Waals surface area contributed by atoms with Crippen molar-refractivity contribution in [1.82, 2.24) is 0 Å². The average molecular weight is 185 g/mol. The van der Waals surface area contributed by atoms with E-state index < -0.39 is 0 Å². The number of nitriles is 1. The standard InChI is InChI=1S/C13H15N/c1-9(2)12-5-3-4-11(8-14)13(12)10-6-7-10/h3-5,9-10H,6-7H2,1-2H3. The lowest BCUT2D eigenvalue weighted by Gasteiger charge is -2.13. The van der Waals surface area contributed by atoms with E-state index in [4.69, 9.17) is 5.26 Å². The summed E-state index contributed by atoms with van der Waals surface area (Å²) in [6.45, 7) is 4.39. The van der Waals surface area contributed by atoms with Crippen LogP contribution in [0.5, 0.6) is 0 Å². The van der Waals surface area contributed by atoms with Gasteiger partial charge < -0.3 is 0 Å². The lowest BCUT2D eigenvalue weighted by atomic mass is 9.91. The quantitative estimate of drug-likeness (QED) is 0.691. The van der Waals surface area contributed by atoms with Crippen molar-refractivity contribution in [3.63, 3.8) is 0 Å². The van der Waals surface area contributed by atoms with Crippen LogP contribution in [-0.2, 0) is 0 Å². The Morgan fingerprint density at radius 1 is 1.36 bits per heavy atom. The van der Waals surface area contributed by atoms with Gasteiger partial charge in [-0.3, -0.25) is 0 Å². The van der Waals surface area contributed by atoms with Crippen LogP contribution in [0.25, 0.3) is 0 Å². The summed E-state index contributed by atoms with van der Waals surface area (Å²) < 4.78 is 0. The molecule has 0 aliphatic heterocycles. The first-order valence-corrected chi connectivity index (χ1v) is 5.27. The highest BCUT2D eigenvalue weighted by Crippen LogP contribution is 2.44. The molecule has 0 N–H and O–H groups in total. The number of benzene rings is 1. The highest BCUT2D eigenvalue weighted by molar-refractivity contribution is 5.47. The van der Waals surface area contributed by atoms with Crippen LogP contribution in [0, 0.1) is 11.3 Å². The molecule has 0 bridgehead atoms. The van der Waals surface area contributed by atoms with Crippen molar-refractivity contribution >= 4 is 0 Å². The second-order valence-electron chi connectivity index (χ2n) is 4.35. The molecule has 1 aromatic rings. The van der Waals surface area contributed by atoms with E-state index in [1.165, 1.54) is 24.0 Å². The molecule has 14 heavy (non-hydrogen) atoms. The second-order valence-corrected chi connectivity index (χ2v) is 4.35. The van der Waals surface area contributed by atoms with Gasteiger partial charge in [0.1, 0.15) is 0 Å². The molecule has 1 aliphatic carbocycles. The van der Waals surface area contributed by atoms with Crippen LogP contribution in [0.3, 0.4) is 0 Å². The molecule has 72 valence electrons. The van der Waals surface area contributed by atoms with Gasteiger partial charge >= 0.3 is 0 Å². The SMILES string of the molecule is CC(C)c1cccc(C#N)c1C1CC1. The van der Waals surface area contributed by atoms with Crippen molar-refractivity contribution < 1.29 is 0 Å². The fourth-order valence-corrected chi connectivity index (χ4v) is 2.01. The predicted molar refractivity (Wildman–Crippen MR) is 57.2 cm³/mol. The van der Waals surface area contributed by atoms with E-state index in [1.807, 2.05) is 12.1 Å². The Bertz CT molecular complexity index is 381. The fraction of sp³-hybridized carbons (Fsp3) is 0.462. The molecular weight excluding hydrogens is 170 g/mol. The molecule has 1 aromatic carbocycles. The lowest BCUT2D eigenvalue weighted by Crippen LogP contribution is -1.97. The van der Waals surface area contributed by atoms with E-state index in [1.54, 1.807) is 0 Å². The van der Waals surface area contributed by atoms with Gasteiger partial charge in [0.15, 0.2) is 0 Å². The van der Waals surface area contributed by atoms with Gasteiger partial charge in [-0.25, -0.2) is 0 Å². The minimum Gasteiger partial charge on any atom is -0.192 e. The predicted octanol–water partition coefficient (Wildman–Crippen LogP) is 3.56. The summed E-state index contributed by atoms with van der Waals surface area (Å²) >= 11 is 0. The zero-order chi connectivity index (χ0) is 10.1. The Kier molecular flexibility index (Phi) is 2.29. The van der Waals surface area contributed by atoms with Crippen molar-refractivity contribution in [1.29, 1.82) is 5.26 Å². The largest absolute Gasteiger partial charge is 0.192 e. The van der Waals surface area contributed by atoms with E-state index in [0.717, 1.165) is 5.56 Å². The van der Waals surface area contributed by atoms with Crippen molar-refractivity contribution in [3.8, 4) is 6.07 Å². The van der Waals surface area contributed by atoms with Gasteiger partial charge in [-0.15, -0.1) is 0 Å². The molecule has 0 saturated heterocycles. The van der Waals surface area contributed by atoms with Crippen LogP contribution in [0.15, 0.2) is 18.2 Å². The van der Waals surface area contributed by atoms with Crippen LogP contribution >= 0.6 is 0 Å². The monoisotopic (exact) mass is 185 g/mol. The second kappa shape index (κ2) is 3.46.